The Labute approximate surface area is 144 Å². The third kappa shape index (κ3) is 2.40. The minimum Gasteiger partial charge on any atom is -0.425 e. The third-order valence-corrected chi connectivity index (χ3v) is 6.18. The molecule has 2 heterocycles. The minimum atomic E-state index is -0.537. The van der Waals surface area contributed by atoms with Gasteiger partial charge in [0, 0.05) is 12.2 Å². The van der Waals surface area contributed by atoms with Crippen LogP contribution in [0.25, 0.3) is 0 Å². The van der Waals surface area contributed by atoms with Crippen molar-refractivity contribution in [3.63, 3.8) is 0 Å². The van der Waals surface area contributed by atoms with E-state index < -0.39 is 10.9 Å². The van der Waals surface area contributed by atoms with Crippen molar-refractivity contribution in [1.82, 2.24) is 4.90 Å². The number of para-hydroxylation sites is 1. The Morgan fingerprint density at radius 2 is 1.75 bits per heavy atom. The number of benzene rings is 2. The summed E-state index contributed by atoms with van der Waals surface area (Å²) < 4.78 is 5.49. The van der Waals surface area contributed by atoms with E-state index in [9.17, 15) is 9.59 Å². The smallest absolute Gasteiger partial charge is 0.335 e. The van der Waals surface area contributed by atoms with Crippen molar-refractivity contribution in [2.24, 2.45) is 0 Å². The molecule has 0 N–H and O–H groups in total. The maximum atomic E-state index is 12.6. The van der Waals surface area contributed by atoms with Crippen molar-refractivity contribution >= 4 is 23.6 Å². The zero-order valence-corrected chi connectivity index (χ0v) is 13.9. The molecule has 2 atom stereocenters. The minimum absolute atomic E-state index is 0.0267. The Kier molecular flexibility index (Phi) is 3.81. The van der Waals surface area contributed by atoms with Crippen LogP contribution in [0.5, 0.6) is 5.75 Å². The topological polar surface area (TPSA) is 46.6 Å². The number of thioether (sulfide) groups is 1. The van der Waals surface area contributed by atoms with E-state index in [1.807, 2.05) is 48.5 Å². The number of amides is 1. The van der Waals surface area contributed by atoms with Crippen LogP contribution in [0.3, 0.4) is 0 Å². The van der Waals surface area contributed by atoms with Gasteiger partial charge in [0.05, 0.1) is 0 Å². The fourth-order valence-corrected chi connectivity index (χ4v) is 5.12. The van der Waals surface area contributed by atoms with Crippen LogP contribution in [0.4, 0.5) is 0 Å². The van der Waals surface area contributed by atoms with Gasteiger partial charge in [-0.1, -0.05) is 48.5 Å². The van der Waals surface area contributed by atoms with Crippen LogP contribution in [-0.2, 0) is 14.5 Å². The number of carbonyl (C=O) groups is 2. The second-order valence-electron chi connectivity index (χ2n) is 5.98. The summed E-state index contributed by atoms with van der Waals surface area (Å²) >= 11 is 1.67. The standard InChI is InChI=1S/C19H17NO3S/c21-17-11-12-19(14-7-3-1-4-8-14)20(17)16(13-24-19)18(22)23-15-9-5-2-6-10-15/h1-10,16H,11-13H2/t16-,19+/m0/s1. The first-order chi connectivity index (χ1) is 11.7. The summed E-state index contributed by atoms with van der Waals surface area (Å²) in [6, 6.07) is 18.4. The molecule has 1 amide bonds. The fraction of sp³-hybridized carbons (Fsp3) is 0.263. The van der Waals surface area contributed by atoms with Crippen molar-refractivity contribution in [2.45, 2.75) is 23.8 Å². The summed E-state index contributed by atoms with van der Waals surface area (Å²) in [5.74, 6) is 0.740. The Morgan fingerprint density at radius 3 is 2.46 bits per heavy atom. The number of rotatable bonds is 3. The van der Waals surface area contributed by atoms with Crippen LogP contribution in [0.15, 0.2) is 60.7 Å². The van der Waals surface area contributed by atoms with Crippen LogP contribution in [-0.4, -0.2) is 28.6 Å². The first-order valence-corrected chi connectivity index (χ1v) is 8.98. The largest absolute Gasteiger partial charge is 0.425 e. The van der Waals surface area contributed by atoms with E-state index in [1.54, 1.807) is 28.8 Å². The average Bonchev–Trinajstić information content (AvgIpc) is 3.16. The SMILES string of the molecule is O=C(Oc1ccccc1)[C@@H]1CS[C@@]2(c3ccccc3)CCC(=O)N12. The second kappa shape index (κ2) is 5.98. The average molecular weight is 339 g/mol. The van der Waals surface area contributed by atoms with Gasteiger partial charge >= 0.3 is 5.97 Å². The zero-order valence-electron chi connectivity index (χ0n) is 13.1. The molecule has 122 valence electrons. The molecule has 2 aromatic rings. The highest BCUT2D eigenvalue weighted by atomic mass is 32.2. The van der Waals surface area contributed by atoms with Crippen LogP contribution in [0, 0.1) is 0 Å². The first-order valence-electron chi connectivity index (χ1n) is 7.99. The number of carbonyl (C=O) groups excluding carboxylic acids is 2. The second-order valence-corrected chi connectivity index (χ2v) is 7.27. The molecule has 0 aromatic heterocycles. The highest BCUT2D eigenvalue weighted by molar-refractivity contribution is 8.00. The highest BCUT2D eigenvalue weighted by Gasteiger charge is 2.57. The van der Waals surface area contributed by atoms with Gasteiger partial charge in [0.1, 0.15) is 16.7 Å². The molecule has 2 fully saturated rings. The predicted molar refractivity (Wildman–Crippen MR) is 92.5 cm³/mol. The van der Waals surface area contributed by atoms with Gasteiger partial charge in [0.15, 0.2) is 0 Å². The number of hydrogen-bond donors (Lipinski definition) is 0. The summed E-state index contributed by atoms with van der Waals surface area (Å²) in [7, 11) is 0. The molecule has 0 unspecified atom stereocenters. The van der Waals surface area contributed by atoms with Crippen molar-refractivity contribution in [1.29, 1.82) is 0 Å². The summed E-state index contributed by atoms with van der Waals surface area (Å²) in [6.07, 6.45) is 1.20. The molecule has 4 nitrogen and oxygen atoms in total. The Hall–Kier alpha value is -2.27. The number of hydrogen-bond acceptors (Lipinski definition) is 4. The molecule has 2 aliphatic heterocycles. The fourth-order valence-electron chi connectivity index (χ4n) is 3.49. The maximum Gasteiger partial charge on any atom is 0.335 e. The predicted octanol–water partition coefficient (Wildman–Crippen LogP) is 3.18. The van der Waals surface area contributed by atoms with Crippen LogP contribution in [0.2, 0.25) is 0 Å². The lowest BCUT2D eigenvalue weighted by Crippen LogP contribution is -2.47. The first kappa shape index (κ1) is 15.3. The number of nitrogens with zero attached hydrogens (tertiary/aromatic N) is 1. The molecule has 2 saturated heterocycles. The summed E-state index contributed by atoms with van der Waals surface area (Å²) in [6.45, 7) is 0. The van der Waals surface area contributed by atoms with Gasteiger partial charge in [-0.2, -0.15) is 0 Å². The quantitative estimate of drug-likeness (QED) is 0.636. The lowest BCUT2D eigenvalue weighted by atomic mass is 10.0. The Morgan fingerprint density at radius 1 is 1.08 bits per heavy atom. The van der Waals surface area contributed by atoms with Gasteiger partial charge in [-0.3, -0.25) is 4.79 Å². The number of ether oxygens (including phenoxy) is 1. The van der Waals surface area contributed by atoms with E-state index in [-0.39, 0.29) is 11.9 Å². The van der Waals surface area contributed by atoms with Gasteiger partial charge in [-0.25, -0.2) is 4.79 Å². The van der Waals surface area contributed by atoms with E-state index in [2.05, 4.69) is 0 Å². The van der Waals surface area contributed by atoms with Crippen molar-refractivity contribution < 1.29 is 14.3 Å². The van der Waals surface area contributed by atoms with Crippen molar-refractivity contribution in [3.8, 4) is 5.75 Å². The number of esters is 1. The van der Waals surface area contributed by atoms with Gasteiger partial charge in [0.25, 0.3) is 0 Å². The van der Waals surface area contributed by atoms with Gasteiger partial charge in [0.2, 0.25) is 5.91 Å². The maximum absolute atomic E-state index is 12.6. The molecule has 24 heavy (non-hydrogen) atoms. The monoisotopic (exact) mass is 339 g/mol. The van der Waals surface area contributed by atoms with Gasteiger partial charge < -0.3 is 9.64 Å². The normalized spacial score (nSPS) is 25.6. The molecule has 0 bridgehead atoms. The van der Waals surface area contributed by atoms with Crippen LogP contribution in [0.1, 0.15) is 18.4 Å². The van der Waals surface area contributed by atoms with Gasteiger partial charge in [-0.05, 0) is 24.1 Å². The molecular formula is C19H17NO3S. The molecule has 2 aromatic carbocycles. The van der Waals surface area contributed by atoms with E-state index in [0.29, 0.717) is 17.9 Å². The summed E-state index contributed by atoms with van der Waals surface area (Å²) in [4.78, 5) is 26.5. The molecule has 4 rings (SSSR count). The Balaban J connectivity index is 1.62. The zero-order chi connectivity index (χ0) is 16.6. The highest BCUT2D eigenvalue weighted by Crippen LogP contribution is 2.54. The summed E-state index contributed by atoms with van der Waals surface area (Å²) in [5, 5.41) is 0. The molecule has 0 saturated carbocycles. The van der Waals surface area contributed by atoms with Gasteiger partial charge in [-0.15, -0.1) is 11.8 Å². The van der Waals surface area contributed by atoms with Crippen molar-refractivity contribution in [3.05, 3.63) is 66.2 Å². The van der Waals surface area contributed by atoms with E-state index in [4.69, 9.17) is 4.74 Å². The number of fused-ring (bicyclic) bond motifs is 1. The summed E-state index contributed by atoms with van der Waals surface area (Å²) in [5.41, 5.74) is 1.08. The Bertz CT molecular complexity index is 765. The molecule has 5 heteroatoms. The molecule has 2 aliphatic rings. The molecule has 0 radical (unpaired) electrons. The lowest BCUT2D eigenvalue weighted by molar-refractivity contribution is -0.146. The van der Waals surface area contributed by atoms with E-state index in [1.165, 1.54) is 0 Å². The molecular weight excluding hydrogens is 322 g/mol. The van der Waals surface area contributed by atoms with E-state index in [0.717, 1.165) is 12.0 Å². The lowest BCUT2D eigenvalue weighted by Gasteiger charge is -2.33. The van der Waals surface area contributed by atoms with E-state index >= 15 is 0 Å². The van der Waals surface area contributed by atoms with Crippen molar-refractivity contribution in [2.75, 3.05) is 5.75 Å². The van der Waals surface area contributed by atoms with Crippen LogP contribution >= 0.6 is 11.8 Å². The molecule has 0 spiro atoms. The van der Waals surface area contributed by atoms with Crippen LogP contribution < -0.4 is 4.74 Å². The molecule has 0 aliphatic carbocycles. The third-order valence-electron chi connectivity index (χ3n) is 4.59.